The second kappa shape index (κ2) is 7.99. The zero-order chi connectivity index (χ0) is 15.8. The van der Waals surface area contributed by atoms with Crippen molar-refractivity contribution in [3.63, 3.8) is 0 Å². The van der Waals surface area contributed by atoms with Crippen molar-refractivity contribution in [1.29, 1.82) is 0 Å². The molecule has 0 fully saturated rings. The number of ether oxygens (including phenoxy) is 1. The zero-order valence-corrected chi connectivity index (χ0v) is 13.7. The van der Waals surface area contributed by atoms with Gasteiger partial charge in [-0.1, -0.05) is 36.8 Å². The quantitative estimate of drug-likeness (QED) is 0.694. The number of hydrogen-bond donors (Lipinski definition) is 0. The Hall–Kier alpha value is -1.81. The van der Waals surface area contributed by atoms with Gasteiger partial charge in [-0.05, 0) is 49.1 Å². The molecule has 2 aromatic rings. The normalized spacial score (nSPS) is 11.3. The lowest BCUT2D eigenvalue weighted by atomic mass is 10.1. The second-order valence-corrected chi connectivity index (χ2v) is 7.40. The summed E-state index contributed by atoms with van der Waals surface area (Å²) in [5.74, 6) is 0.871. The molecule has 118 valence electrons. The monoisotopic (exact) mass is 318 g/mol. The Kier molecular flexibility index (Phi) is 6.01. The minimum Gasteiger partial charge on any atom is -0.497 e. The summed E-state index contributed by atoms with van der Waals surface area (Å²) >= 11 is 0. The van der Waals surface area contributed by atoms with E-state index < -0.39 is 9.84 Å². The van der Waals surface area contributed by atoms with Crippen LogP contribution in [0.3, 0.4) is 0 Å². The molecule has 0 unspecified atom stereocenters. The van der Waals surface area contributed by atoms with E-state index in [1.807, 2.05) is 18.2 Å². The zero-order valence-electron chi connectivity index (χ0n) is 12.9. The summed E-state index contributed by atoms with van der Waals surface area (Å²) in [5.41, 5.74) is 1.31. The molecule has 0 aliphatic heterocycles. The van der Waals surface area contributed by atoms with Gasteiger partial charge in [0.2, 0.25) is 0 Å². The molecule has 0 aliphatic rings. The van der Waals surface area contributed by atoms with Gasteiger partial charge in [-0.3, -0.25) is 0 Å². The minimum atomic E-state index is -3.19. The molecule has 0 aromatic heterocycles. The van der Waals surface area contributed by atoms with Crippen molar-refractivity contribution in [2.24, 2.45) is 0 Å². The van der Waals surface area contributed by atoms with Crippen molar-refractivity contribution in [3.05, 3.63) is 60.2 Å². The molecular weight excluding hydrogens is 296 g/mol. The summed E-state index contributed by atoms with van der Waals surface area (Å²) in [7, 11) is -1.62. The molecule has 22 heavy (non-hydrogen) atoms. The van der Waals surface area contributed by atoms with Crippen LogP contribution in [0, 0.1) is 0 Å². The van der Waals surface area contributed by atoms with Crippen molar-refractivity contribution in [3.8, 4) is 5.75 Å². The predicted molar refractivity (Wildman–Crippen MR) is 89.0 cm³/mol. The SMILES string of the molecule is COc1ccc(S(=O)(=O)CCCCCc2ccccc2)cc1. The van der Waals surface area contributed by atoms with Gasteiger partial charge >= 0.3 is 0 Å². The first-order valence-electron chi connectivity index (χ1n) is 7.52. The van der Waals surface area contributed by atoms with Gasteiger partial charge in [0.05, 0.1) is 17.8 Å². The fraction of sp³-hybridized carbons (Fsp3) is 0.333. The molecule has 0 saturated carbocycles. The summed E-state index contributed by atoms with van der Waals surface area (Å²) < 4.78 is 29.5. The maximum atomic E-state index is 12.2. The molecule has 0 atom stereocenters. The van der Waals surface area contributed by atoms with Crippen molar-refractivity contribution in [2.75, 3.05) is 12.9 Å². The Morgan fingerprint density at radius 2 is 1.55 bits per heavy atom. The van der Waals surface area contributed by atoms with E-state index in [9.17, 15) is 8.42 Å². The van der Waals surface area contributed by atoms with Crippen molar-refractivity contribution >= 4 is 9.84 Å². The molecular formula is C18H22O3S. The van der Waals surface area contributed by atoms with E-state index in [2.05, 4.69) is 12.1 Å². The van der Waals surface area contributed by atoms with Crippen LogP contribution in [-0.4, -0.2) is 21.3 Å². The van der Waals surface area contributed by atoms with Gasteiger partial charge < -0.3 is 4.74 Å². The third-order valence-corrected chi connectivity index (χ3v) is 5.46. The van der Waals surface area contributed by atoms with E-state index in [-0.39, 0.29) is 5.75 Å². The van der Waals surface area contributed by atoms with E-state index >= 15 is 0 Å². The van der Waals surface area contributed by atoms with Gasteiger partial charge in [-0.25, -0.2) is 8.42 Å². The first kappa shape index (κ1) is 16.6. The number of rotatable bonds is 8. The Balaban J connectivity index is 1.77. The van der Waals surface area contributed by atoms with Crippen LogP contribution >= 0.6 is 0 Å². The summed E-state index contributed by atoms with van der Waals surface area (Å²) in [6.07, 6.45) is 3.64. The number of sulfone groups is 1. The number of aryl methyl sites for hydroxylation is 1. The van der Waals surface area contributed by atoms with Crippen LogP contribution in [0.1, 0.15) is 24.8 Å². The largest absolute Gasteiger partial charge is 0.497 e. The smallest absolute Gasteiger partial charge is 0.178 e. The third-order valence-electron chi connectivity index (χ3n) is 3.64. The van der Waals surface area contributed by atoms with Crippen LogP contribution < -0.4 is 4.74 Å². The van der Waals surface area contributed by atoms with Gasteiger partial charge in [0.15, 0.2) is 9.84 Å². The summed E-state index contributed by atoms with van der Waals surface area (Å²) in [6.45, 7) is 0. The molecule has 0 aliphatic carbocycles. The van der Waals surface area contributed by atoms with E-state index in [4.69, 9.17) is 4.74 Å². The molecule has 0 amide bonds. The van der Waals surface area contributed by atoms with E-state index in [1.54, 1.807) is 31.4 Å². The lowest BCUT2D eigenvalue weighted by Gasteiger charge is -2.06. The Labute approximate surface area is 132 Å². The lowest BCUT2D eigenvalue weighted by molar-refractivity contribution is 0.414. The van der Waals surface area contributed by atoms with Gasteiger partial charge in [-0.2, -0.15) is 0 Å². The van der Waals surface area contributed by atoms with Gasteiger partial charge in [-0.15, -0.1) is 0 Å². The molecule has 2 rings (SSSR count). The topological polar surface area (TPSA) is 43.4 Å². The van der Waals surface area contributed by atoms with Crippen LogP contribution in [0.15, 0.2) is 59.5 Å². The maximum absolute atomic E-state index is 12.2. The Morgan fingerprint density at radius 1 is 0.864 bits per heavy atom. The highest BCUT2D eigenvalue weighted by atomic mass is 32.2. The fourth-order valence-electron chi connectivity index (χ4n) is 2.34. The number of unbranched alkanes of at least 4 members (excludes halogenated alkanes) is 2. The highest BCUT2D eigenvalue weighted by molar-refractivity contribution is 7.91. The van der Waals surface area contributed by atoms with Gasteiger partial charge in [0, 0.05) is 0 Å². The van der Waals surface area contributed by atoms with E-state index in [0.717, 1.165) is 19.3 Å². The predicted octanol–water partition coefficient (Wildman–Crippen LogP) is 3.88. The van der Waals surface area contributed by atoms with Crippen molar-refractivity contribution in [1.82, 2.24) is 0 Å². The molecule has 4 heteroatoms. The highest BCUT2D eigenvalue weighted by Gasteiger charge is 2.13. The van der Waals surface area contributed by atoms with Crippen molar-refractivity contribution < 1.29 is 13.2 Å². The van der Waals surface area contributed by atoms with Crippen LogP contribution in [0.5, 0.6) is 5.75 Å². The van der Waals surface area contributed by atoms with Crippen LogP contribution in [-0.2, 0) is 16.3 Å². The Morgan fingerprint density at radius 3 is 2.18 bits per heavy atom. The second-order valence-electron chi connectivity index (χ2n) is 5.29. The molecule has 0 radical (unpaired) electrons. The lowest BCUT2D eigenvalue weighted by Crippen LogP contribution is -2.06. The first-order chi connectivity index (χ1) is 10.6. The van der Waals surface area contributed by atoms with E-state index in [1.165, 1.54) is 5.56 Å². The molecule has 0 heterocycles. The van der Waals surface area contributed by atoms with Gasteiger partial charge in [0.1, 0.15) is 5.75 Å². The molecule has 3 nitrogen and oxygen atoms in total. The highest BCUT2D eigenvalue weighted by Crippen LogP contribution is 2.18. The van der Waals surface area contributed by atoms with Crippen LogP contribution in [0.4, 0.5) is 0 Å². The summed E-state index contributed by atoms with van der Waals surface area (Å²) in [4.78, 5) is 0.372. The average Bonchev–Trinajstić information content (AvgIpc) is 2.55. The average molecular weight is 318 g/mol. The third kappa shape index (κ3) is 4.88. The van der Waals surface area contributed by atoms with Crippen LogP contribution in [0.2, 0.25) is 0 Å². The van der Waals surface area contributed by atoms with Crippen LogP contribution in [0.25, 0.3) is 0 Å². The summed E-state index contributed by atoms with van der Waals surface area (Å²) in [6, 6.07) is 16.9. The Bertz CT molecular complexity index is 661. The standard InChI is InChI=1S/C18H22O3S/c1-21-17-11-13-18(14-12-17)22(19,20)15-7-3-6-10-16-8-4-2-5-9-16/h2,4-5,8-9,11-14H,3,6-7,10,15H2,1H3. The molecule has 0 bridgehead atoms. The number of hydrogen-bond acceptors (Lipinski definition) is 3. The van der Waals surface area contributed by atoms with Gasteiger partial charge in [0.25, 0.3) is 0 Å². The number of methoxy groups -OCH3 is 1. The summed E-state index contributed by atoms with van der Waals surface area (Å²) in [5, 5.41) is 0. The molecule has 0 N–H and O–H groups in total. The molecule has 0 saturated heterocycles. The van der Waals surface area contributed by atoms with Crippen molar-refractivity contribution in [2.45, 2.75) is 30.6 Å². The molecule has 0 spiro atoms. The number of benzene rings is 2. The fourth-order valence-corrected chi connectivity index (χ4v) is 3.71. The molecule has 2 aromatic carbocycles. The first-order valence-corrected chi connectivity index (χ1v) is 9.18. The van der Waals surface area contributed by atoms with E-state index in [0.29, 0.717) is 17.1 Å². The maximum Gasteiger partial charge on any atom is 0.178 e. The minimum absolute atomic E-state index is 0.202.